The van der Waals surface area contributed by atoms with Gasteiger partial charge in [0.05, 0.1) is 5.69 Å². The first-order valence-corrected chi connectivity index (χ1v) is 5.63. The molecular formula is C14H13NO3. The summed E-state index contributed by atoms with van der Waals surface area (Å²) >= 11 is 0. The van der Waals surface area contributed by atoms with Gasteiger partial charge in [-0.15, -0.1) is 0 Å². The fourth-order valence-corrected chi connectivity index (χ4v) is 2.17. The molecule has 0 fully saturated rings. The second-order valence-electron chi connectivity index (χ2n) is 4.13. The highest BCUT2D eigenvalue weighted by Crippen LogP contribution is 2.35. The van der Waals surface area contributed by atoms with Gasteiger partial charge in [-0.1, -0.05) is 24.3 Å². The first-order valence-electron chi connectivity index (χ1n) is 5.63. The molecule has 18 heavy (non-hydrogen) atoms. The Morgan fingerprint density at radius 3 is 2.72 bits per heavy atom. The lowest BCUT2D eigenvalue weighted by Gasteiger charge is -2.11. The zero-order valence-corrected chi connectivity index (χ0v) is 9.88. The molecule has 0 bridgehead atoms. The van der Waals surface area contributed by atoms with Gasteiger partial charge in [0.15, 0.2) is 11.9 Å². The standard InChI is InChI=1S/C14H13NO3/c1-17-14(16)10-7-6-9-8-4-2-3-5-11(8)18-13(9)12(10)15/h2-7,14,16H,15H2,1H3. The minimum Gasteiger partial charge on any atom is -0.454 e. The molecule has 3 aromatic rings. The molecule has 92 valence electrons. The van der Waals surface area contributed by atoms with Gasteiger partial charge in [0, 0.05) is 23.4 Å². The van der Waals surface area contributed by atoms with Crippen LogP contribution in [0.1, 0.15) is 11.9 Å². The van der Waals surface area contributed by atoms with Crippen molar-refractivity contribution in [2.24, 2.45) is 0 Å². The first-order chi connectivity index (χ1) is 8.72. The van der Waals surface area contributed by atoms with E-state index in [1.54, 1.807) is 6.07 Å². The van der Waals surface area contributed by atoms with Crippen LogP contribution >= 0.6 is 0 Å². The van der Waals surface area contributed by atoms with E-state index in [0.717, 1.165) is 16.4 Å². The number of anilines is 1. The first kappa shape index (κ1) is 11.1. The normalized spacial score (nSPS) is 13.2. The molecule has 3 rings (SSSR count). The van der Waals surface area contributed by atoms with Crippen molar-refractivity contribution in [3.05, 3.63) is 42.0 Å². The predicted molar refractivity (Wildman–Crippen MR) is 70.1 cm³/mol. The fourth-order valence-electron chi connectivity index (χ4n) is 2.17. The summed E-state index contributed by atoms with van der Waals surface area (Å²) in [5, 5.41) is 11.7. The third kappa shape index (κ3) is 1.47. The summed E-state index contributed by atoms with van der Waals surface area (Å²) in [5.41, 5.74) is 8.33. The molecule has 1 heterocycles. The van der Waals surface area contributed by atoms with E-state index in [-0.39, 0.29) is 0 Å². The lowest BCUT2D eigenvalue weighted by Crippen LogP contribution is -2.03. The third-order valence-corrected chi connectivity index (χ3v) is 3.11. The minimum absolute atomic E-state index is 0.415. The van der Waals surface area contributed by atoms with Crippen LogP contribution in [-0.4, -0.2) is 12.2 Å². The van der Waals surface area contributed by atoms with Gasteiger partial charge in [-0.2, -0.15) is 0 Å². The van der Waals surface area contributed by atoms with E-state index in [1.807, 2.05) is 30.3 Å². The van der Waals surface area contributed by atoms with Gasteiger partial charge in [0.2, 0.25) is 0 Å². The lowest BCUT2D eigenvalue weighted by atomic mass is 10.1. The molecule has 0 spiro atoms. The molecule has 2 aromatic carbocycles. The van der Waals surface area contributed by atoms with Gasteiger partial charge in [-0.25, -0.2) is 0 Å². The van der Waals surface area contributed by atoms with Gasteiger partial charge in [0.1, 0.15) is 5.58 Å². The van der Waals surface area contributed by atoms with Crippen molar-refractivity contribution >= 4 is 27.6 Å². The molecule has 0 radical (unpaired) electrons. The number of fused-ring (bicyclic) bond motifs is 3. The van der Waals surface area contributed by atoms with E-state index in [4.69, 9.17) is 14.9 Å². The summed E-state index contributed by atoms with van der Waals surface area (Å²) < 4.78 is 10.6. The van der Waals surface area contributed by atoms with Gasteiger partial charge in [0.25, 0.3) is 0 Å². The average molecular weight is 243 g/mol. The largest absolute Gasteiger partial charge is 0.454 e. The van der Waals surface area contributed by atoms with Crippen LogP contribution in [0.15, 0.2) is 40.8 Å². The van der Waals surface area contributed by atoms with Crippen molar-refractivity contribution in [2.45, 2.75) is 6.29 Å². The smallest absolute Gasteiger partial charge is 0.182 e. The average Bonchev–Trinajstić information content (AvgIpc) is 2.78. The number of methoxy groups -OCH3 is 1. The SMILES string of the molecule is COC(O)c1ccc2c(oc3ccccc32)c1N. The van der Waals surface area contributed by atoms with E-state index in [2.05, 4.69) is 0 Å². The van der Waals surface area contributed by atoms with Crippen LogP contribution in [-0.2, 0) is 4.74 Å². The highest BCUT2D eigenvalue weighted by Gasteiger charge is 2.16. The number of nitrogen functional groups attached to an aromatic ring is 1. The van der Waals surface area contributed by atoms with Crippen LogP contribution in [0.5, 0.6) is 0 Å². The summed E-state index contributed by atoms with van der Waals surface area (Å²) in [6, 6.07) is 11.4. The van der Waals surface area contributed by atoms with Crippen LogP contribution in [0.25, 0.3) is 21.9 Å². The van der Waals surface area contributed by atoms with Crippen LogP contribution in [0.3, 0.4) is 0 Å². The van der Waals surface area contributed by atoms with Crippen molar-refractivity contribution in [3.63, 3.8) is 0 Å². The molecule has 3 N–H and O–H groups in total. The van der Waals surface area contributed by atoms with Crippen molar-refractivity contribution in [1.82, 2.24) is 0 Å². The molecule has 1 unspecified atom stereocenters. The number of rotatable bonds is 2. The molecule has 1 aromatic heterocycles. The monoisotopic (exact) mass is 243 g/mol. The zero-order chi connectivity index (χ0) is 12.7. The van der Waals surface area contributed by atoms with Crippen LogP contribution < -0.4 is 5.73 Å². The van der Waals surface area contributed by atoms with Gasteiger partial charge < -0.3 is 20.0 Å². The van der Waals surface area contributed by atoms with Crippen LogP contribution in [0, 0.1) is 0 Å². The number of para-hydroxylation sites is 1. The summed E-state index contributed by atoms with van der Waals surface area (Å²) in [7, 11) is 1.42. The Balaban J connectivity index is 2.35. The van der Waals surface area contributed by atoms with Crippen molar-refractivity contribution in [1.29, 1.82) is 0 Å². The summed E-state index contributed by atoms with van der Waals surface area (Å²) in [5.74, 6) is 0. The van der Waals surface area contributed by atoms with Gasteiger partial charge in [-0.3, -0.25) is 0 Å². The quantitative estimate of drug-likeness (QED) is 0.536. The molecule has 0 saturated carbocycles. The molecule has 0 aliphatic rings. The molecule has 0 aliphatic heterocycles. The van der Waals surface area contributed by atoms with E-state index in [9.17, 15) is 5.11 Å². The maximum Gasteiger partial charge on any atom is 0.182 e. The van der Waals surface area contributed by atoms with E-state index < -0.39 is 6.29 Å². The Kier molecular flexibility index (Phi) is 2.47. The second-order valence-corrected chi connectivity index (χ2v) is 4.13. The van der Waals surface area contributed by atoms with Crippen LogP contribution in [0.2, 0.25) is 0 Å². The number of aliphatic hydroxyl groups excluding tert-OH is 1. The molecule has 4 heteroatoms. The van der Waals surface area contributed by atoms with Crippen molar-refractivity contribution < 1.29 is 14.3 Å². The Bertz CT molecular complexity index is 717. The number of hydrogen-bond acceptors (Lipinski definition) is 4. The number of hydrogen-bond donors (Lipinski definition) is 2. The van der Waals surface area contributed by atoms with Gasteiger partial charge in [-0.05, 0) is 12.1 Å². The number of furan rings is 1. The molecule has 0 amide bonds. The molecule has 0 saturated heterocycles. The van der Waals surface area contributed by atoms with E-state index >= 15 is 0 Å². The highest BCUT2D eigenvalue weighted by molar-refractivity contribution is 6.08. The Morgan fingerprint density at radius 2 is 1.94 bits per heavy atom. The topological polar surface area (TPSA) is 68.6 Å². The minimum atomic E-state index is -1.04. The summed E-state index contributed by atoms with van der Waals surface area (Å²) in [6.45, 7) is 0. The number of ether oxygens (including phenoxy) is 1. The van der Waals surface area contributed by atoms with E-state index in [1.165, 1.54) is 7.11 Å². The molecule has 4 nitrogen and oxygen atoms in total. The Labute approximate surface area is 104 Å². The number of nitrogens with two attached hydrogens (primary N) is 1. The number of aliphatic hydroxyl groups is 1. The second kappa shape index (κ2) is 4.01. The van der Waals surface area contributed by atoms with Gasteiger partial charge >= 0.3 is 0 Å². The Morgan fingerprint density at radius 1 is 1.17 bits per heavy atom. The van der Waals surface area contributed by atoms with Crippen molar-refractivity contribution in [3.8, 4) is 0 Å². The fraction of sp³-hybridized carbons (Fsp3) is 0.143. The lowest BCUT2D eigenvalue weighted by molar-refractivity contribution is -0.0763. The van der Waals surface area contributed by atoms with Crippen molar-refractivity contribution in [2.75, 3.05) is 12.8 Å². The predicted octanol–water partition coefficient (Wildman–Crippen LogP) is 2.81. The molecular weight excluding hydrogens is 230 g/mol. The zero-order valence-electron chi connectivity index (χ0n) is 9.88. The maximum atomic E-state index is 9.70. The maximum absolute atomic E-state index is 9.70. The molecule has 1 atom stereocenters. The number of benzene rings is 2. The third-order valence-electron chi connectivity index (χ3n) is 3.11. The summed E-state index contributed by atoms with van der Waals surface area (Å²) in [6.07, 6.45) is -1.04. The Hall–Kier alpha value is -2.04. The van der Waals surface area contributed by atoms with Crippen LogP contribution in [0.4, 0.5) is 5.69 Å². The van der Waals surface area contributed by atoms with E-state index in [0.29, 0.717) is 16.8 Å². The highest BCUT2D eigenvalue weighted by atomic mass is 16.6. The summed E-state index contributed by atoms with van der Waals surface area (Å²) in [4.78, 5) is 0. The molecule has 0 aliphatic carbocycles.